The Bertz CT molecular complexity index is 872. The first kappa shape index (κ1) is 19.8. The molecule has 0 spiro atoms. The zero-order chi connectivity index (χ0) is 19.8. The van der Waals surface area contributed by atoms with Crippen molar-refractivity contribution in [3.05, 3.63) is 77.8 Å². The predicted molar refractivity (Wildman–Crippen MR) is 111 cm³/mol. The fraction of sp³-hybridized carbons (Fsp3) is 0.304. The van der Waals surface area contributed by atoms with Gasteiger partial charge in [0.05, 0.1) is 6.20 Å². The summed E-state index contributed by atoms with van der Waals surface area (Å²) in [6.45, 7) is 3.73. The van der Waals surface area contributed by atoms with Crippen LogP contribution in [0.4, 0.5) is 0 Å². The Morgan fingerprint density at radius 3 is 2.50 bits per heavy atom. The van der Waals surface area contributed by atoms with Gasteiger partial charge in [-0.2, -0.15) is 0 Å². The van der Waals surface area contributed by atoms with Crippen LogP contribution >= 0.6 is 0 Å². The Labute approximate surface area is 166 Å². The summed E-state index contributed by atoms with van der Waals surface area (Å²) < 4.78 is 5.82. The minimum atomic E-state index is 0.0801. The van der Waals surface area contributed by atoms with Crippen LogP contribution in [-0.2, 0) is 17.6 Å². The van der Waals surface area contributed by atoms with Crippen LogP contribution in [0.2, 0.25) is 0 Å². The van der Waals surface area contributed by atoms with Crippen LogP contribution in [0.1, 0.15) is 23.4 Å². The number of carbonyl (C=O) groups excluding carboxylic acids is 1. The van der Waals surface area contributed by atoms with Crippen molar-refractivity contribution in [2.75, 3.05) is 19.6 Å². The highest BCUT2D eigenvalue weighted by atomic mass is 16.4. The van der Waals surface area contributed by atoms with Crippen LogP contribution in [0, 0.1) is 6.92 Å². The molecule has 0 saturated carbocycles. The number of carbonyl (C=O) groups is 1. The fourth-order valence-corrected chi connectivity index (χ4v) is 3.07. The molecule has 0 aliphatic rings. The van der Waals surface area contributed by atoms with E-state index in [0.29, 0.717) is 38.4 Å². The number of amides is 1. The topological polar surface area (TPSA) is 72.4 Å². The van der Waals surface area contributed by atoms with Crippen molar-refractivity contribution in [2.45, 2.75) is 26.2 Å². The molecule has 1 amide bonds. The minimum Gasteiger partial charge on any atom is -0.441 e. The zero-order valence-corrected chi connectivity index (χ0v) is 16.3. The summed E-state index contributed by atoms with van der Waals surface area (Å²) in [5.41, 5.74) is 9.10. The van der Waals surface area contributed by atoms with Gasteiger partial charge in [0.25, 0.3) is 0 Å². The van der Waals surface area contributed by atoms with Crippen LogP contribution in [0.25, 0.3) is 11.3 Å². The molecule has 28 heavy (non-hydrogen) atoms. The average molecular weight is 377 g/mol. The van der Waals surface area contributed by atoms with Gasteiger partial charge < -0.3 is 15.1 Å². The number of benzene rings is 2. The van der Waals surface area contributed by atoms with Gasteiger partial charge in [0.15, 0.2) is 11.7 Å². The lowest BCUT2D eigenvalue weighted by atomic mass is 10.1. The van der Waals surface area contributed by atoms with E-state index < -0.39 is 0 Å². The van der Waals surface area contributed by atoms with E-state index in [-0.39, 0.29) is 5.91 Å². The van der Waals surface area contributed by atoms with Crippen LogP contribution in [-0.4, -0.2) is 35.4 Å². The molecule has 1 heterocycles. The molecule has 0 fully saturated rings. The monoisotopic (exact) mass is 377 g/mol. The summed E-state index contributed by atoms with van der Waals surface area (Å²) in [7, 11) is 0. The first-order valence-corrected chi connectivity index (χ1v) is 9.69. The first-order valence-electron chi connectivity index (χ1n) is 9.69. The van der Waals surface area contributed by atoms with Gasteiger partial charge in [0.1, 0.15) is 0 Å². The highest BCUT2D eigenvalue weighted by Crippen LogP contribution is 2.21. The number of nitrogens with two attached hydrogens (primary N) is 1. The van der Waals surface area contributed by atoms with Gasteiger partial charge in [0, 0.05) is 38.0 Å². The number of aromatic nitrogens is 1. The molecule has 0 aliphatic heterocycles. The summed E-state index contributed by atoms with van der Waals surface area (Å²) >= 11 is 0. The quantitative estimate of drug-likeness (QED) is 0.618. The molecular formula is C23H27N3O2. The highest BCUT2D eigenvalue weighted by Gasteiger charge is 2.15. The van der Waals surface area contributed by atoms with Gasteiger partial charge >= 0.3 is 0 Å². The van der Waals surface area contributed by atoms with Gasteiger partial charge in [0.2, 0.25) is 5.91 Å². The number of hydrogen-bond acceptors (Lipinski definition) is 4. The Kier molecular flexibility index (Phi) is 6.98. The van der Waals surface area contributed by atoms with Crippen molar-refractivity contribution in [3.63, 3.8) is 0 Å². The van der Waals surface area contributed by atoms with Crippen LogP contribution in [0.15, 0.2) is 65.2 Å². The van der Waals surface area contributed by atoms with E-state index in [4.69, 9.17) is 10.2 Å². The number of hydrogen-bond donors (Lipinski definition) is 1. The largest absolute Gasteiger partial charge is 0.441 e. The molecule has 5 nitrogen and oxygen atoms in total. The van der Waals surface area contributed by atoms with Gasteiger partial charge in [-0.25, -0.2) is 4.98 Å². The molecule has 3 rings (SSSR count). The molecule has 0 unspecified atom stereocenters. The molecule has 3 aromatic rings. The van der Waals surface area contributed by atoms with E-state index in [2.05, 4.69) is 17.1 Å². The van der Waals surface area contributed by atoms with Gasteiger partial charge in [-0.15, -0.1) is 0 Å². The lowest BCUT2D eigenvalue weighted by Crippen LogP contribution is -2.37. The van der Waals surface area contributed by atoms with Crippen molar-refractivity contribution in [3.8, 4) is 11.3 Å². The normalized spacial score (nSPS) is 10.8. The highest BCUT2D eigenvalue weighted by molar-refractivity contribution is 5.76. The van der Waals surface area contributed by atoms with Crippen molar-refractivity contribution in [1.82, 2.24) is 9.88 Å². The second-order valence-electron chi connectivity index (χ2n) is 6.89. The molecule has 0 atom stereocenters. The maximum atomic E-state index is 12.6. The number of oxazole rings is 1. The molecule has 5 heteroatoms. The molecule has 1 aromatic heterocycles. The predicted octanol–water partition coefficient (Wildman–Crippen LogP) is 3.61. The molecule has 146 valence electrons. The Morgan fingerprint density at radius 2 is 1.79 bits per heavy atom. The average Bonchev–Trinajstić information content (AvgIpc) is 3.19. The summed E-state index contributed by atoms with van der Waals surface area (Å²) in [4.78, 5) is 18.8. The van der Waals surface area contributed by atoms with Gasteiger partial charge in [-0.3, -0.25) is 4.79 Å². The summed E-state index contributed by atoms with van der Waals surface area (Å²) in [6, 6.07) is 18.3. The maximum Gasteiger partial charge on any atom is 0.223 e. The van der Waals surface area contributed by atoms with Crippen molar-refractivity contribution in [2.24, 2.45) is 5.73 Å². The molecule has 2 N–H and O–H groups in total. The van der Waals surface area contributed by atoms with Crippen LogP contribution in [0.5, 0.6) is 0 Å². The second kappa shape index (κ2) is 9.85. The minimum absolute atomic E-state index is 0.0801. The molecule has 0 bridgehead atoms. The van der Waals surface area contributed by atoms with Gasteiger partial charge in [-0.1, -0.05) is 60.2 Å². The summed E-state index contributed by atoms with van der Waals surface area (Å²) in [5.74, 6) is 1.39. The van der Waals surface area contributed by atoms with E-state index >= 15 is 0 Å². The van der Waals surface area contributed by atoms with E-state index in [1.54, 1.807) is 6.20 Å². The number of aryl methyl sites for hydroxylation is 2. The van der Waals surface area contributed by atoms with Crippen molar-refractivity contribution in [1.29, 1.82) is 0 Å². The van der Waals surface area contributed by atoms with E-state index in [1.165, 1.54) is 11.1 Å². The Balaban J connectivity index is 1.54. The van der Waals surface area contributed by atoms with E-state index in [1.807, 2.05) is 54.3 Å². The third-order valence-electron chi connectivity index (χ3n) is 4.71. The second-order valence-corrected chi connectivity index (χ2v) is 6.89. The SMILES string of the molecule is Cc1ccc(-c2cnc(CCC(=O)N(CCN)CCc3ccccc3)o2)cc1. The summed E-state index contributed by atoms with van der Waals surface area (Å²) in [6.07, 6.45) is 3.39. The third-order valence-corrected chi connectivity index (χ3v) is 4.71. The van der Waals surface area contributed by atoms with Crippen LogP contribution < -0.4 is 5.73 Å². The molecule has 0 radical (unpaired) electrons. The van der Waals surface area contributed by atoms with Crippen molar-refractivity contribution < 1.29 is 9.21 Å². The van der Waals surface area contributed by atoms with Gasteiger partial charge in [-0.05, 0) is 18.9 Å². The number of nitrogens with zero attached hydrogens (tertiary/aromatic N) is 2. The molecule has 0 aliphatic carbocycles. The smallest absolute Gasteiger partial charge is 0.223 e. The molecule has 0 saturated heterocycles. The lowest BCUT2D eigenvalue weighted by molar-refractivity contribution is -0.131. The van der Waals surface area contributed by atoms with E-state index in [9.17, 15) is 4.79 Å². The Hall–Kier alpha value is -2.92. The van der Waals surface area contributed by atoms with Crippen molar-refractivity contribution >= 4 is 5.91 Å². The zero-order valence-electron chi connectivity index (χ0n) is 16.3. The lowest BCUT2D eigenvalue weighted by Gasteiger charge is -2.22. The summed E-state index contributed by atoms with van der Waals surface area (Å²) in [5, 5.41) is 0. The standard InChI is InChI=1S/C23H27N3O2/c1-18-7-9-20(10-8-18)21-17-25-22(28-21)11-12-23(27)26(16-14-24)15-13-19-5-3-2-4-6-19/h2-10,17H,11-16,24H2,1H3. The van der Waals surface area contributed by atoms with Crippen LogP contribution in [0.3, 0.4) is 0 Å². The fourth-order valence-electron chi connectivity index (χ4n) is 3.07. The number of rotatable bonds is 9. The molecular weight excluding hydrogens is 350 g/mol. The maximum absolute atomic E-state index is 12.6. The Morgan fingerprint density at radius 1 is 1.04 bits per heavy atom. The van der Waals surface area contributed by atoms with E-state index in [0.717, 1.165) is 17.7 Å². The first-order chi connectivity index (χ1) is 13.7. The molecule has 2 aromatic carbocycles. The third kappa shape index (κ3) is 5.54.